The van der Waals surface area contributed by atoms with Gasteiger partial charge in [-0.2, -0.15) is 0 Å². The second-order valence-corrected chi connectivity index (χ2v) is 11.3. The molecular weight excluding hydrogens is 391 g/mol. The van der Waals surface area contributed by atoms with Gasteiger partial charge in [-0.25, -0.2) is 4.39 Å². The number of alkyl halides is 1. The number of hydrogen-bond donors (Lipinski definition) is 3. The van der Waals surface area contributed by atoms with Gasteiger partial charge in [0.25, 0.3) is 0 Å². The number of aliphatic hydroxyl groups excluding tert-OH is 2. The Morgan fingerprint density at radius 3 is 2.61 bits per heavy atom. The average molecular weight is 435 g/mol. The number of allylic oxidation sites excluding steroid dienone is 3. The molecule has 3 nitrogen and oxygen atoms in total. The Balaban J connectivity index is 1.71. The van der Waals surface area contributed by atoms with Crippen molar-refractivity contribution in [1.82, 2.24) is 0 Å². The fraction of sp³-hybridized carbons (Fsp3) is 0.778. The van der Waals surface area contributed by atoms with Crippen molar-refractivity contribution in [3.63, 3.8) is 0 Å². The molecule has 0 aromatic heterocycles. The molecule has 3 rings (SSSR count). The summed E-state index contributed by atoms with van der Waals surface area (Å²) in [7, 11) is 0. The molecule has 0 radical (unpaired) electrons. The molecule has 0 bridgehead atoms. The lowest BCUT2D eigenvalue weighted by atomic mass is 9.60. The van der Waals surface area contributed by atoms with Crippen LogP contribution in [0.4, 0.5) is 4.39 Å². The van der Waals surface area contributed by atoms with Gasteiger partial charge in [0.2, 0.25) is 0 Å². The number of aliphatic hydroxyl groups is 3. The van der Waals surface area contributed by atoms with Crippen molar-refractivity contribution < 1.29 is 19.7 Å². The van der Waals surface area contributed by atoms with Gasteiger partial charge in [0, 0.05) is 6.42 Å². The predicted molar refractivity (Wildman–Crippen MR) is 124 cm³/mol. The van der Waals surface area contributed by atoms with Crippen LogP contribution in [-0.4, -0.2) is 39.3 Å². The van der Waals surface area contributed by atoms with E-state index in [2.05, 4.69) is 32.6 Å². The second kappa shape index (κ2) is 9.49. The van der Waals surface area contributed by atoms with Crippen LogP contribution in [0.3, 0.4) is 0 Å². The zero-order valence-corrected chi connectivity index (χ0v) is 19.9. The summed E-state index contributed by atoms with van der Waals surface area (Å²) in [5, 5.41) is 30.1. The Morgan fingerprint density at radius 2 is 1.94 bits per heavy atom. The van der Waals surface area contributed by atoms with E-state index in [1.165, 1.54) is 31.3 Å². The van der Waals surface area contributed by atoms with Crippen LogP contribution in [0.2, 0.25) is 0 Å². The van der Waals surface area contributed by atoms with E-state index in [1.807, 2.05) is 0 Å². The minimum Gasteiger partial charge on any atom is -0.393 e. The zero-order chi connectivity index (χ0) is 23.0. The fourth-order valence-electron chi connectivity index (χ4n) is 6.64. The van der Waals surface area contributed by atoms with Crippen LogP contribution in [0.25, 0.3) is 0 Å². The van der Waals surface area contributed by atoms with Gasteiger partial charge in [0.05, 0.1) is 17.8 Å². The first kappa shape index (κ1) is 24.7. The highest BCUT2D eigenvalue weighted by Gasteiger charge is 2.50. The van der Waals surface area contributed by atoms with E-state index in [1.54, 1.807) is 13.8 Å². The van der Waals surface area contributed by atoms with Crippen molar-refractivity contribution in [2.45, 2.75) is 109 Å². The van der Waals surface area contributed by atoms with E-state index in [4.69, 9.17) is 0 Å². The van der Waals surface area contributed by atoms with Crippen molar-refractivity contribution in [3.8, 4) is 0 Å². The standard InChI is InChI=1S/C27H43FO3/c1-17(8-13-25(28)26(3,4)31)22-11-12-23-19(7-6-14-27(22,23)5)9-10-20-15-21(29)16-24(30)18(20)2/h9-10,17,21-25,29-31H,2,6-8,11-16H2,1,3-5H3/b19-9+,20-10-/t17-,21+,22-,23+,24-,25-,27-/m1/s1. The highest BCUT2D eigenvalue weighted by Crippen LogP contribution is 2.60. The van der Waals surface area contributed by atoms with E-state index in [-0.39, 0.29) is 5.41 Å². The summed E-state index contributed by atoms with van der Waals surface area (Å²) in [6, 6.07) is 0. The van der Waals surface area contributed by atoms with Crippen molar-refractivity contribution in [2.75, 3.05) is 0 Å². The van der Waals surface area contributed by atoms with E-state index in [0.717, 1.165) is 24.0 Å². The van der Waals surface area contributed by atoms with Gasteiger partial charge in [0.1, 0.15) is 6.17 Å². The SMILES string of the molecule is C=C1/C(=C\C=C2/CCC[C@]3(C)[C@@H]([C@H](C)CC[C@@H](F)C(C)(C)O)CC[C@@H]23)C[C@H](O)C[C@H]1O. The van der Waals surface area contributed by atoms with Crippen LogP contribution >= 0.6 is 0 Å². The summed E-state index contributed by atoms with van der Waals surface area (Å²) in [5.41, 5.74) is 2.17. The first-order valence-electron chi connectivity index (χ1n) is 12.2. The minimum atomic E-state index is -1.26. The molecule has 0 saturated heterocycles. The van der Waals surface area contributed by atoms with Gasteiger partial charge >= 0.3 is 0 Å². The molecule has 3 fully saturated rings. The van der Waals surface area contributed by atoms with Gasteiger partial charge in [-0.1, -0.05) is 38.2 Å². The molecule has 176 valence electrons. The van der Waals surface area contributed by atoms with E-state index in [9.17, 15) is 19.7 Å². The first-order chi connectivity index (χ1) is 14.4. The Kier molecular flexibility index (Phi) is 7.55. The summed E-state index contributed by atoms with van der Waals surface area (Å²) in [4.78, 5) is 0. The lowest BCUT2D eigenvalue weighted by Crippen LogP contribution is -2.37. The van der Waals surface area contributed by atoms with Crippen molar-refractivity contribution in [2.24, 2.45) is 23.2 Å². The molecule has 3 N–H and O–H groups in total. The second-order valence-electron chi connectivity index (χ2n) is 11.3. The Morgan fingerprint density at radius 1 is 1.23 bits per heavy atom. The maximum absolute atomic E-state index is 14.3. The molecule has 0 heterocycles. The van der Waals surface area contributed by atoms with E-state index < -0.39 is 24.0 Å². The summed E-state index contributed by atoms with van der Waals surface area (Å²) >= 11 is 0. The topological polar surface area (TPSA) is 60.7 Å². The van der Waals surface area contributed by atoms with Crippen LogP contribution in [0.5, 0.6) is 0 Å². The molecule has 3 aliphatic carbocycles. The molecular formula is C27H43FO3. The fourth-order valence-corrected chi connectivity index (χ4v) is 6.64. The molecule has 4 heteroatoms. The van der Waals surface area contributed by atoms with Crippen molar-refractivity contribution in [3.05, 3.63) is 35.5 Å². The van der Waals surface area contributed by atoms with Gasteiger partial charge < -0.3 is 15.3 Å². The molecule has 0 aromatic rings. The third kappa shape index (κ3) is 5.34. The number of halogens is 1. The summed E-state index contributed by atoms with van der Waals surface area (Å²) in [5.74, 6) is 1.57. The van der Waals surface area contributed by atoms with Crippen LogP contribution in [0, 0.1) is 23.2 Å². The van der Waals surface area contributed by atoms with E-state index in [0.29, 0.717) is 37.0 Å². The number of fused-ring (bicyclic) bond motifs is 1. The predicted octanol–water partition coefficient (Wildman–Crippen LogP) is 5.65. The minimum absolute atomic E-state index is 0.241. The summed E-state index contributed by atoms with van der Waals surface area (Å²) in [6.45, 7) is 11.8. The largest absolute Gasteiger partial charge is 0.393 e. The number of rotatable bonds is 6. The summed E-state index contributed by atoms with van der Waals surface area (Å²) in [6.07, 6.45) is 10.0. The molecule has 0 aromatic carbocycles. The van der Waals surface area contributed by atoms with Gasteiger partial charge in [0.15, 0.2) is 0 Å². The normalized spacial score (nSPS) is 39.0. The van der Waals surface area contributed by atoms with Gasteiger partial charge in [-0.3, -0.25) is 0 Å². The Bertz CT molecular complexity index is 718. The van der Waals surface area contributed by atoms with Crippen molar-refractivity contribution >= 4 is 0 Å². The molecule has 7 atom stereocenters. The molecule has 0 spiro atoms. The molecule has 0 amide bonds. The van der Waals surface area contributed by atoms with Gasteiger partial charge in [-0.05, 0) is 99.5 Å². The van der Waals surface area contributed by atoms with Crippen LogP contribution in [0.1, 0.15) is 85.5 Å². The lowest BCUT2D eigenvalue weighted by molar-refractivity contribution is -0.0119. The van der Waals surface area contributed by atoms with Crippen LogP contribution in [0.15, 0.2) is 35.5 Å². The van der Waals surface area contributed by atoms with E-state index >= 15 is 0 Å². The number of hydrogen-bond acceptors (Lipinski definition) is 3. The third-order valence-electron chi connectivity index (χ3n) is 8.63. The maximum atomic E-state index is 14.3. The highest BCUT2D eigenvalue weighted by molar-refractivity contribution is 5.38. The monoisotopic (exact) mass is 434 g/mol. The van der Waals surface area contributed by atoms with Crippen LogP contribution in [-0.2, 0) is 0 Å². The smallest absolute Gasteiger partial charge is 0.128 e. The molecule has 0 unspecified atom stereocenters. The molecule has 3 aliphatic rings. The average Bonchev–Trinajstić information content (AvgIpc) is 3.04. The highest BCUT2D eigenvalue weighted by atomic mass is 19.1. The first-order valence-corrected chi connectivity index (χ1v) is 12.2. The lowest BCUT2D eigenvalue weighted by Gasteiger charge is -2.44. The van der Waals surface area contributed by atoms with Crippen LogP contribution < -0.4 is 0 Å². The molecule has 31 heavy (non-hydrogen) atoms. The quantitative estimate of drug-likeness (QED) is 0.506. The Labute approximate surface area is 188 Å². The maximum Gasteiger partial charge on any atom is 0.128 e. The molecule has 0 aliphatic heterocycles. The molecule has 3 saturated carbocycles. The van der Waals surface area contributed by atoms with Crippen molar-refractivity contribution in [1.29, 1.82) is 0 Å². The summed E-state index contributed by atoms with van der Waals surface area (Å²) < 4.78 is 14.3. The van der Waals surface area contributed by atoms with Gasteiger partial charge in [-0.15, -0.1) is 0 Å². The zero-order valence-electron chi connectivity index (χ0n) is 19.9. The Hall–Kier alpha value is -0.970. The third-order valence-corrected chi connectivity index (χ3v) is 8.63.